The van der Waals surface area contributed by atoms with Crippen LogP contribution in [0.25, 0.3) is 0 Å². The van der Waals surface area contributed by atoms with Crippen LogP contribution in [-0.2, 0) is 11.3 Å². The molecular formula is C19H23N3O2. The van der Waals surface area contributed by atoms with Gasteiger partial charge in [0, 0.05) is 43.8 Å². The highest BCUT2D eigenvalue weighted by atomic mass is 16.5. The summed E-state index contributed by atoms with van der Waals surface area (Å²) in [6.45, 7) is 3.51. The molecule has 0 radical (unpaired) electrons. The van der Waals surface area contributed by atoms with E-state index in [1.54, 1.807) is 6.20 Å². The Hall–Kier alpha value is -1.98. The largest absolute Gasteiger partial charge is 0.477 e. The van der Waals surface area contributed by atoms with Crippen LogP contribution in [0.2, 0.25) is 0 Å². The van der Waals surface area contributed by atoms with Crippen LogP contribution < -0.4 is 4.74 Å². The highest BCUT2D eigenvalue weighted by Crippen LogP contribution is 2.35. The fourth-order valence-corrected chi connectivity index (χ4v) is 3.82. The van der Waals surface area contributed by atoms with E-state index >= 15 is 0 Å². The zero-order valence-electron chi connectivity index (χ0n) is 13.8. The molecule has 1 saturated heterocycles. The van der Waals surface area contributed by atoms with E-state index in [4.69, 9.17) is 9.47 Å². The first-order valence-electron chi connectivity index (χ1n) is 8.67. The quantitative estimate of drug-likeness (QED) is 0.845. The molecule has 2 aromatic heterocycles. The number of rotatable bonds is 5. The molecule has 126 valence electrons. The van der Waals surface area contributed by atoms with Gasteiger partial charge in [-0.25, -0.2) is 4.98 Å². The summed E-state index contributed by atoms with van der Waals surface area (Å²) in [6.07, 6.45) is 8.03. The maximum Gasteiger partial charge on any atom is 0.213 e. The van der Waals surface area contributed by atoms with Gasteiger partial charge in [0.15, 0.2) is 0 Å². The van der Waals surface area contributed by atoms with E-state index in [1.165, 1.54) is 5.56 Å². The SMILES string of the molecule is c1ccc(OCC2CC3OCCN(Cc4ccncc4)C3C2)nc1. The van der Waals surface area contributed by atoms with Crippen molar-refractivity contribution >= 4 is 0 Å². The molecule has 4 rings (SSSR count). The van der Waals surface area contributed by atoms with Crippen molar-refractivity contribution in [1.82, 2.24) is 14.9 Å². The Morgan fingerprint density at radius 2 is 2.04 bits per heavy atom. The number of aromatic nitrogens is 2. The lowest BCUT2D eigenvalue weighted by Crippen LogP contribution is -2.47. The van der Waals surface area contributed by atoms with E-state index in [0.717, 1.165) is 39.1 Å². The molecule has 1 saturated carbocycles. The predicted molar refractivity (Wildman–Crippen MR) is 90.6 cm³/mol. The summed E-state index contributed by atoms with van der Waals surface area (Å²) >= 11 is 0. The van der Waals surface area contributed by atoms with Crippen LogP contribution in [0.1, 0.15) is 18.4 Å². The number of hydrogen-bond acceptors (Lipinski definition) is 5. The van der Waals surface area contributed by atoms with E-state index < -0.39 is 0 Å². The molecule has 5 nitrogen and oxygen atoms in total. The number of fused-ring (bicyclic) bond motifs is 1. The average molecular weight is 325 g/mol. The standard InChI is InChI=1S/C19H23N3O2/c1-2-6-21-19(3-1)24-14-16-11-17-18(12-16)23-10-9-22(17)13-15-4-7-20-8-5-15/h1-8,16-18H,9-14H2. The Labute approximate surface area is 142 Å². The fraction of sp³-hybridized carbons (Fsp3) is 0.474. The molecule has 0 spiro atoms. The molecule has 1 aliphatic heterocycles. The first-order chi connectivity index (χ1) is 11.9. The Morgan fingerprint density at radius 3 is 2.88 bits per heavy atom. The van der Waals surface area contributed by atoms with Gasteiger partial charge in [-0.15, -0.1) is 0 Å². The van der Waals surface area contributed by atoms with Gasteiger partial charge in [0.25, 0.3) is 0 Å². The van der Waals surface area contributed by atoms with Crippen LogP contribution in [0, 0.1) is 5.92 Å². The summed E-state index contributed by atoms with van der Waals surface area (Å²) in [5.74, 6) is 1.24. The normalized spacial score (nSPS) is 26.9. The molecule has 2 aromatic rings. The van der Waals surface area contributed by atoms with Gasteiger partial charge < -0.3 is 9.47 Å². The monoisotopic (exact) mass is 325 g/mol. The Kier molecular flexibility index (Phi) is 4.71. The van der Waals surface area contributed by atoms with Crippen molar-refractivity contribution in [1.29, 1.82) is 0 Å². The minimum Gasteiger partial charge on any atom is -0.477 e. The van der Waals surface area contributed by atoms with Crippen LogP contribution in [0.5, 0.6) is 5.88 Å². The van der Waals surface area contributed by atoms with Crippen molar-refractivity contribution in [2.24, 2.45) is 5.92 Å². The number of nitrogens with zero attached hydrogens (tertiary/aromatic N) is 3. The van der Waals surface area contributed by atoms with Crippen molar-refractivity contribution < 1.29 is 9.47 Å². The van der Waals surface area contributed by atoms with Crippen LogP contribution in [0.15, 0.2) is 48.9 Å². The molecule has 0 N–H and O–H groups in total. The molecule has 24 heavy (non-hydrogen) atoms. The molecular weight excluding hydrogens is 302 g/mol. The topological polar surface area (TPSA) is 47.5 Å². The molecule has 0 bridgehead atoms. The summed E-state index contributed by atoms with van der Waals surface area (Å²) in [5.41, 5.74) is 1.32. The van der Waals surface area contributed by atoms with Crippen LogP contribution in [0.3, 0.4) is 0 Å². The molecule has 1 aliphatic carbocycles. The van der Waals surface area contributed by atoms with E-state index in [1.807, 2.05) is 30.6 Å². The van der Waals surface area contributed by atoms with E-state index in [2.05, 4.69) is 27.0 Å². The third-order valence-electron chi connectivity index (χ3n) is 4.99. The first-order valence-corrected chi connectivity index (χ1v) is 8.67. The highest BCUT2D eigenvalue weighted by Gasteiger charge is 2.41. The molecule has 2 fully saturated rings. The summed E-state index contributed by atoms with van der Waals surface area (Å²) in [5, 5.41) is 0. The third-order valence-corrected chi connectivity index (χ3v) is 4.99. The van der Waals surface area contributed by atoms with E-state index in [9.17, 15) is 0 Å². The Morgan fingerprint density at radius 1 is 1.12 bits per heavy atom. The van der Waals surface area contributed by atoms with Gasteiger partial charge in [-0.05, 0) is 42.5 Å². The minimum absolute atomic E-state index is 0.331. The second-order valence-corrected chi connectivity index (χ2v) is 6.62. The zero-order valence-corrected chi connectivity index (χ0v) is 13.8. The van der Waals surface area contributed by atoms with Gasteiger partial charge in [-0.2, -0.15) is 0 Å². The molecule has 3 heterocycles. The maximum absolute atomic E-state index is 6.03. The molecule has 3 atom stereocenters. The number of hydrogen-bond donors (Lipinski definition) is 0. The summed E-state index contributed by atoms with van der Waals surface area (Å²) in [6, 6.07) is 10.5. The zero-order chi connectivity index (χ0) is 16.2. The summed E-state index contributed by atoms with van der Waals surface area (Å²) < 4.78 is 11.9. The predicted octanol–water partition coefficient (Wildman–Crippen LogP) is 2.54. The summed E-state index contributed by atoms with van der Waals surface area (Å²) in [7, 11) is 0. The number of morpholine rings is 1. The van der Waals surface area contributed by atoms with Crippen molar-refractivity contribution in [2.45, 2.75) is 31.5 Å². The van der Waals surface area contributed by atoms with Gasteiger partial charge in [-0.3, -0.25) is 9.88 Å². The van der Waals surface area contributed by atoms with E-state index in [-0.39, 0.29) is 0 Å². The van der Waals surface area contributed by atoms with Gasteiger partial charge in [-0.1, -0.05) is 6.07 Å². The van der Waals surface area contributed by atoms with Crippen molar-refractivity contribution in [3.05, 3.63) is 54.5 Å². The van der Waals surface area contributed by atoms with Crippen molar-refractivity contribution in [2.75, 3.05) is 19.8 Å². The number of ether oxygens (including phenoxy) is 2. The molecule has 0 aromatic carbocycles. The van der Waals surface area contributed by atoms with Crippen LogP contribution in [0.4, 0.5) is 0 Å². The fourth-order valence-electron chi connectivity index (χ4n) is 3.82. The second-order valence-electron chi connectivity index (χ2n) is 6.62. The smallest absolute Gasteiger partial charge is 0.213 e. The van der Waals surface area contributed by atoms with Crippen LogP contribution in [-0.4, -0.2) is 46.8 Å². The average Bonchev–Trinajstić information content (AvgIpc) is 3.06. The molecule has 0 amide bonds. The lowest BCUT2D eigenvalue weighted by Gasteiger charge is -2.37. The van der Waals surface area contributed by atoms with Gasteiger partial charge in [0.2, 0.25) is 5.88 Å². The maximum atomic E-state index is 6.03. The van der Waals surface area contributed by atoms with Crippen molar-refractivity contribution in [3.8, 4) is 5.88 Å². The lowest BCUT2D eigenvalue weighted by atomic mass is 10.1. The minimum atomic E-state index is 0.331. The Balaban J connectivity index is 1.35. The third kappa shape index (κ3) is 3.57. The first kappa shape index (κ1) is 15.5. The van der Waals surface area contributed by atoms with Crippen molar-refractivity contribution in [3.63, 3.8) is 0 Å². The molecule has 5 heteroatoms. The number of pyridine rings is 2. The lowest BCUT2D eigenvalue weighted by molar-refractivity contribution is -0.0590. The van der Waals surface area contributed by atoms with Gasteiger partial charge in [0.05, 0.1) is 19.3 Å². The summed E-state index contributed by atoms with van der Waals surface area (Å²) in [4.78, 5) is 10.9. The van der Waals surface area contributed by atoms with E-state index in [0.29, 0.717) is 23.9 Å². The van der Waals surface area contributed by atoms with Gasteiger partial charge >= 0.3 is 0 Å². The second kappa shape index (κ2) is 7.28. The Bertz CT molecular complexity index is 638. The molecule has 3 unspecified atom stereocenters. The molecule has 2 aliphatic rings. The van der Waals surface area contributed by atoms with Gasteiger partial charge in [0.1, 0.15) is 0 Å². The highest BCUT2D eigenvalue weighted by molar-refractivity contribution is 5.11. The van der Waals surface area contributed by atoms with Crippen LogP contribution >= 0.6 is 0 Å².